The highest BCUT2D eigenvalue weighted by atomic mass is 35.5. The Morgan fingerprint density at radius 1 is 1.20 bits per heavy atom. The van der Waals surface area contributed by atoms with E-state index in [1.807, 2.05) is 24.3 Å². The van der Waals surface area contributed by atoms with Crippen molar-refractivity contribution in [2.75, 3.05) is 7.11 Å². The van der Waals surface area contributed by atoms with Crippen LogP contribution in [0.2, 0.25) is 0 Å². The number of aryl methyl sites for hydroxylation is 1. The van der Waals surface area contributed by atoms with Gasteiger partial charge in [-0.15, -0.1) is 11.6 Å². The Bertz CT molecular complexity index is 764. The van der Waals surface area contributed by atoms with Crippen molar-refractivity contribution in [1.29, 1.82) is 0 Å². The maximum atomic E-state index is 6.05. The second-order valence-electron chi connectivity index (χ2n) is 4.69. The molecule has 1 heterocycles. The molecule has 0 saturated heterocycles. The summed E-state index contributed by atoms with van der Waals surface area (Å²) in [4.78, 5) is 4.59. The second-order valence-corrected chi connectivity index (χ2v) is 4.96. The molecule has 0 fully saturated rings. The van der Waals surface area contributed by atoms with Gasteiger partial charge in [0.15, 0.2) is 0 Å². The molecule has 0 aliphatic carbocycles. The van der Waals surface area contributed by atoms with Gasteiger partial charge < -0.3 is 4.74 Å². The van der Waals surface area contributed by atoms with Crippen molar-refractivity contribution in [3.8, 4) is 11.4 Å². The van der Waals surface area contributed by atoms with Gasteiger partial charge in [-0.2, -0.15) is 0 Å². The molecule has 0 unspecified atom stereocenters. The molecule has 20 heavy (non-hydrogen) atoms. The molecule has 3 rings (SSSR count). The molecule has 1 aromatic heterocycles. The third kappa shape index (κ3) is 2.14. The van der Waals surface area contributed by atoms with Crippen LogP contribution in [0.25, 0.3) is 16.7 Å². The fourth-order valence-corrected chi connectivity index (χ4v) is 2.56. The Hall–Kier alpha value is -2.00. The van der Waals surface area contributed by atoms with E-state index in [0.717, 1.165) is 28.3 Å². The maximum absolute atomic E-state index is 6.05. The topological polar surface area (TPSA) is 27.1 Å². The van der Waals surface area contributed by atoms with Crippen molar-refractivity contribution < 1.29 is 4.74 Å². The van der Waals surface area contributed by atoms with Crippen molar-refractivity contribution in [2.24, 2.45) is 0 Å². The molecule has 102 valence electrons. The van der Waals surface area contributed by atoms with Gasteiger partial charge in [-0.05, 0) is 36.8 Å². The Labute approximate surface area is 122 Å². The Morgan fingerprint density at radius 2 is 2.05 bits per heavy atom. The number of ether oxygens (including phenoxy) is 1. The van der Waals surface area contributed by atoms with Gasteiger partial charge in [0, 0.05) is 11.8 Å². The van der Waals surface area contributed by atoms with Crippen LogP contribution in [-0.2, 0) is 5.88 Å². The minimum Gasteiger partial charge on any atom is -0.497 e. The second kappa shape index (κ2) is 5.17. The number of methoxy groups -OCH3 is 1. The van der Waals surface area contributed by atoms with Crippen molar-refractivity contribution in [3.63, 3.8) is 0 Å². The minimum atomic E-state index is 0.366. The first-order chi connectivity index (χ1) is 9.72. The van der Waals surface area contributed by atoms with E-state index in [9.17, 15) is 0 Å². The summed E-state index contributed by atoms with van der Waals surface area (Å²) in [6, 6.07) is 14.1. The minimum absolute atomic E-state index is 0.366. The predicted molar refractivity (Wildman–Crippen MR) is 81.9 cm³/mol. The molecule has 0 aliphatic heterocycles. The van der Waals surface area contributed by atoms with Gasteiger partial charge in [-0.25, -0.2) is 4.98 Å². The quantitative estimate of drug-likeness (QED) is 0.678. The molecule has 0 bridgehead atoms. The van der Waals surface area contributed by atoms with Gasteiger partial charge in [0.1, 0.15) is 11.6 Å². The molecule has 3 nitrogen and oxygen atoms in total. The molecule has 0 radical (unpaired) electrons. The molecular weight excluding hydrogens is 272 g/mol. The predicted octanol–water partition coefficient (Wildman–Crippen LogP) is 4.08. The molecule has 0 saturated carbocycles. The number of imidazole rings is 1. The molecule has 0 amide bonds. The number of hydrogen-bond donors (Lipinski definition) is 0. The summed E-state index contributed by atoms with van der Waals surface area (Å²) in [7, 11) is 1.66. The Balaban J connectivity index is 2.31. The molecule has 0 spiro atoms. The number of alkyl halides is 1. The molecule has 0 atom stereocenters. The molecular formula is C16H15ClN2O. The van der Waals surface area contributed by atoms with Crippen LogP contribution >= 0.6 is 11.6 Å². The number of benzene rings is 2. The summed E-state index contributed by atoms with van der Waals surface area (Å²) in [5.41, 5.74) is 4.19. The third-order valence-electron chi connectivity index (χ3n) is 3.31. The lowest BCUT2D eigenvalue weighted by Gasteiger charge is -2.09. The summed E-state index contributed by atoms with van der Waals surface area (Å²) >= 11 is 6.05. The maximum Gasteiger partial charge on any atom is 0.129 e. The van der Waals surface area contributed by atoms with Gasteiger partial charge in [-0.1, -0.05) is 12.1 Å². The zero-order valence-electron chi connectivity index (χ0n) is 11.4. The van der Waals surface area contributed by atoms with Crippen LogP contribution < -0.4 is 4.74 Å². The lowest BCUT2D eigenvalue weighted by molar-refractivity contribution is 0.415. The normalized spacial score (nSPS) is 10.9. The molecule has 2 aromatic carbocycles. The van der Waals surface area contributed by atoms with Crippen LogP contribution in [0.1, 0.15) is 11.4 Å². The molecule has 0 N–H and O–H groups in total. The fraction of sp³-hybridized carbons (Fsp3) is 0.188. The number of rotatable bonds is 3. The van der Waals surface area contributed by atoms with E-state index in [-0.39, 0.29) is 0 Å². The Morgan fingerprint density at radius 3 is 2.75 bits per heavy atom. The first-order valence-electron chi connectivity index (χ1n) is 6.41. The van der Waals surface area contributed by atoms with E-state index in [0.29, 0.717) is 5.88 Å². The van der Waals surface area contributed by atoms with Crippen LogP contribution in [0.4, 0.5) is 0 Å². The molecule has 3 aromatic rings. The summed E-state index contributed by atoms with van der Waals surface area (Å²) in [6.07, 6.45) is 0. The number of hydrogen-bond acceptors (Lipinski definition) is 2. The number of nitrogens with zero attached hydrogens (tertiary/aromatic N) is 2. The average Bonchev–Trinajstić information content (AvgIpc) is 2.84. The lowest BCUT2D eigenvalue weighted by atomic mass is 10.2. The largest absolute Gasteiger partial charge is 0.497 e. The highest BCUT2D eigenvalue weighted by Crippen LogP contribution is 2.26. The standard InChI is InChI=1S/C16H15ClN2O/c1-11-4-3-5-12(8-11)19-15-9-13(20-2)6-7-14(15)18-16(19)10-17/h3-9H,10H2,1-2H3. The first-order valence-corrected chi connectivity index (χ1v) is 6.95. The monoisotopic (exact) mass is 286 g/mol. The molecule has 4 heteroatoms. The van der Waals surface area contributed by atoms with Gasteiger partial charge in [0.05, 0.1) is 24.0 Å². The van der Waals surface area contributed by atoms with E-state index in [1.165, 1.54) is 5.56 Å². The number of aromatic nitrogens is 2. The van der Waals surface area contributed by atoms with E-state index in [2.05, 4.69) is 34.7 Å². The van der Waals surface area contributed by atoms with Crippen LogP contribution in [0, 0.1) is 6.92 Å². The van der Waals surface area contributed by atoms with Crippen LogP contribution in [0.5, 0.6) is 5.75 Å². The smallest absolute Gasteiger partial charge is 0.129 e. The Kier molecular flexibility index (Phi) is 3.36. The van der Waals surface area contributed by atoms with E-state index in [4.69, 9.17) is 16.3 Å². The SMILES string of the molecule is COc1ccc2nc(CCl)n(-c3cccc(C)c3)c2c1. The summed E-state index contributed by atoms with van der Waals surface area (Å²) in [5.74, 6) is 2.01. The van der Waals surface area contributed by atoms with E-state index in [1.54, 1.807) is 7.11 Å². The van der Waals surface area contributed by atoms with Gasteiger partial charge in [0.25, 0.3) is 0 Å². The van der Waals surface area contributed by atoms with E-state index >= 15 is 0 Å². The highest BCUT2D eigenvalue weighted by molar-refractivity contribution is 6.17. The average molecular weight is 287 g/mol. The zero-order chi connectivity index (χ0) is 14.1. The van der Waals surface area contributed by atoms with Crippen LogP contribution in [-0.4, -0.2) is 16.7 Å². The van der Waals surface area contributed by atoms with Crippen molar-refractivity contribution in [3.05, 3.63) is 53.9 Å². The summed E-state index contributed by atoms with van der Waals surface area (Å²) in [6.45, 7) is 2.07. The summed E-state index contributed by atoms with van der Waals surface area (Å²) in [5, 5.41) is 0. The molecule has 0 aliphatic rings. The van der Waals surface area contributed by atoms with Gasteiger partial charge in [-0.3, -0.25) is 4.57 Å². The van der Waals surface area contributed by atoms with Crippen LogP contribution in [0.15, 0.2) is 42.5 Å². The summed E-state index contributed by atoms with van der Waals surface area (Å²) < 4.78 is 7.39. The first kappa shape index (κ1) is 13.0. The fourth-order valence-electron chi connectivity index (χ4n) is 2.38. The lowest BCUT2D eigenvalue weighted by Crippen LogP contribution is -1.99. The van der Waals surface area contributed by atoms with Crippen molar-refractivity contribution in [2.45, 2.75) is 12.8 Å². The third-order valence-corrected chi connectivity index (χ3v) is 3.55. The zero-order valence-corrected chi connectivity index (χ0v) is 12.2. The highest BCUT2D eigenvalue weighted by Gasteiger charge is 2.12. The van der Waals surface area contributed by atoms with Gasteiger partial charge >= 0.3 is 0 Å². The van der Waals surface area contributed by atoms with Crippen LogP contribution in [0.3, 0.4) is 0 Å². The van der Waals surface area contributed by atoms with E-state index < -0.39 is 0 Å². The van der Waals surface area contributed by atoms with Crippen molar-refractivity contribution >= 4 is 22.6 Å². The number of halogens is 1. The van der Waals surface area contributed by atoms with Crippen molar-refractivity contribution in [1.82, 2.24) is 9.55 Å². The number of fused-ring (bicyclic) bond motifs is 1. The van der Waals surface area contributed by atoms with Gasteiger partial charge in [0.2, 0.25) is 0 Å².